The molecule has 1 fully saturated rings. The van der Waals surface area contributed by atoms with Gasteiger partial charge in [-0.1, -0.05) is 0 Å². The molecule has 1 amide bonds. The van der Waals surface area contributed by atoms with E-state index in [0.29, 0.717) is 0 Å². The number of rotatable bonds is 5. The van der Waals surface area contributed by atoms with Gasteiger partial charge in [0, 0.05) is 26.1 Å². The van der Waals surface area contributed by atoms with E-state index in [1.54, 1.807) is 0 Å². The Morgan fingerprint density at radius 1 is 1.46 bits per heavy atom. The van der Waals surface area contributed by atoms with Crippen LogP contribution < -0.4 is 10.6 Å². The van der Waals surface area contributed by atoms with E-state index in [0.717, 1.165) is 36.9 Å². The van der Waals surface area contributed by atoms with E-state index >= 15 is 0 Å². The van der Waals surface area contributed by atoms with Gasteiger partial charge in [-0.05, 0) is 0 Å². The van der Waals surface area contributed by atoms with Crippen LogP contribution in [0.5, 0.6) is 0 Å². The first-order valence-electron chi connectivity index (χ1n) is 4.98. The maximum Gasteiger partial charge on any atom is 0.207 e. The number of carbonyl (C=O) groups excluding carboxylic acids is 1. The van der Waals surface area contributed by atoms with Crippen LogP contribution in [-0.4, -0.2) is 57.2 Å². The summed E-state index contributed by atoms with van der Waals surface area (Å²) in [5, 5.41) is 6.05. The monoisotopic (exact) mass is 186 g/mol. The first kappa shape index (κ1) is 10.5. The van der Waals surface area contributed by atoms with E-state index < -0.39 is 0 Å². The molecule has 4 heteroatoms. The van der Waals surface area contributed by atoms with E-state index in [4.69, 9.17) is 0 Å². The zero-order valence-electron chi connectivity index (χ0n) is 8.38. The predicted molar refractivity (Wildman–Crippen MR) is 52.3 cm³/mol. The van der Waals surface area contributed by atoms with Crippen molar-refractivity contribution in [2.45, 2.75) is 6.42 Å². The van der Waals surface area contributed by atoms with Crippen LogP contribution in [0.4, 0.5) is 0 Å². The lowest BCUT2D eigenvalue weighted by atomic mass is 10.2. The van der Waals surface area contributed by atoms with Gasteiger partial charge in [0.1, 0.15) is 0 Å². The zero-order chi connectivity index (χ0) is 9.57. The molecule has 0 aromatic rings. The first-order valence-corrected chi connectivity index (χ1v) is 4.98. The molecule has 1 aliphatic heterocycles. The summed E-state index contributed by atoms with van der Waals surface area (Å²) >= 11 is 0. The highest BCUT2D eigenvalue weighted by Gasteiger charge is 2.23. The third-order valence-corrected chi connectivity index (χ3v) is 2.76. The SMILES string of the molecule is C[N+]1(CCCNC=O)CCNCC1. The van der Waals surface area contributed by atoms with Gasteiger partial charge >= 0.3 is 0 Å². The Hall–Kier alpha value is -0.610. The lowest BCUT2D eigenvalue weighted by Crippen LogP contribution is -2.56. The summed E-state index contributed by atoms with van der Waals surface area (Å²) in [4.78, 5) is 10.0. The quantitative estimate of drug-likeness (QED) is 0.334. The summed E-state index contributed by atoms with van der Waals surface area (Å²) < 4.78 is 1.15. The topological polar surface area (TPSA) is 41.1 Å². The molecule has 13 heavy (non-hydrogen) atoms. The highest BCUT2D eigenvalue weighted by atomic mass is 16.1. The normalized spacial score (nSPS) is 21.0. The Balaban J connectivity index is 2.13. The summed E-state index contributed by atoms with van der Waals surface area (Å²) in [5.74, 6) is 0. The Bertz CT molecular complexity index is 155. The molecule has 0 aliphatic carbocycles. The fraction of sp³-hybridized carbons (Fsp3) is 0.889. The van der Waals surface area contributed by atoms with Crippen LogP contribution in [0.3, 0.4) is 0 Å². The number of piperazine rings is 1. The Morgan fingerprint density at radius 2 is 2.15 bits per heavy atom. The highest BCUT2D eigenvalue weighted by molar-refractivity contribution is 5.45. The lowest BCUT2D eigenvalue weighted by Gasteiger charge is -2.38. The summed E-state index contributed by atoms with van der Waals surface area (Å²) in [7, 11) is 2.29. The Labute approximate surface area is 79.9 Å². The highest BCUT2D eigenvalue weighted by Crippen LogP contribution is 2.04. The molecule has 2 N–H and O–H groups in total. The standard InChI is InChI=1S/C9H19N3O/c1-12(6-2-3-11-9-13)7-4-10-5-8-12/h9-10H,2-8H2,1H3/p+1. The van der Waals surface area contributed by atoms with Crippen molar-refractivity contribution in [3.05, 3.63) is 0 Å². The molecular weight excluding hydrogens is 166 g/mol. The van der Waals surface area contributed by atoms with Crippen molar-refractivity contribution in [2.75, 3.05) is 46.3 Å². The maximum atomic E-state index is 10.0. The average molecular weight is 186 g/mol. The number of hydrogen-bond donors (Lipinski definition) is 2. The van der Waals surface area contributed by atoms with Gasteiger partial charge in [0.2, 0.25) is 6.41 Å². The number of quaternary nitrogens is 1. The van der Waals surface area contributed by atoms with Crippen LogP contribution in [0, 0.1) is 0 Å². The summed E-state index contributed by atoms with van der Waals surface area (Å²) in [6, 6.07) is 0. The van der Waals surface area contributed by atoms with Crippen molar-refractivity contribution < 1.29 is 9.28 Å². The van der Waals surface area contributed by atoms with Gasteiger partial charge in [-0.2, -0.15) is 0 Å². The second kappa shape index (κ2) is 5.19. The van der Waals surface area contributed by atoms with Crippen molar-refractivity contribution in [3.8, 4) is 0 Å². The molecule has 1 saturated heterocycles. The number of hydrogen-bond acceptors (Lipinski definition) is 2. The molecular formula is C9H20N3O+. The van der Waals surface area contributed by atoms with Gasteiger partial charge in [0.15, 0.2) is 0 Å². The van der Waals surface area contributed by atoms with E-state index in [2.05, 4.69) is 17.7 Å². The van der Waals surface area contributed by atoms with Gasteiger partial charge in [0.05, 0.1) is 26.7 Å². The molecule has 1 heterocycles. The van der Waals surface area contributed by atoms with Gasteiger partial charge in [-0.3, -0.25) is 4.79 Å². The van der Waals surface area contributed by atoms with Crippen LogP contribution in [0.1, 0.15) is 6.42 Å². The Morgan fingerprint density at radius 3 is 2.77 bits per heavy atom. The lowest BCUT2D eigenvalue weighted by molar-refractivity contribution is -0.911. The van der Waals surface area contributed by atoms with Crippen molar-refractivity contribution in [2.24, 2.45) is 0 Å². The molecule has 0 atom stereocenters. The minimum Gasteiger partial charge on any atom is -0.358 e. The van der Waals surface area contributed by atoms with Crippen LogP contribution in [0.15, 0.2) is 0 Å². The van der Waals surface area contributed by atoms with Crippen LogP contribution >= 0.6 is 0 Å². The number of nitrogens with one attached hydrogen (secondary N) is 2. The minimum absolute atomic E-state index is 0.776. The fourth-order valence-corrected chi connectivity index (χ4v) is 1.78. The molecule has 4 nitrogen and oxygen atoms in total. The molecule has 76 valence electrons. The van der Waals surface area contributed by atoms with Gasteiger partial charge in [0.25, 0.3) is 0 Å². The van der Waals surface area contributed by atoms with Gasteiger partial charge in [-0.15, -0.1) is 0 Å². The molecule has 0 radical (unpaired) electrons. The molecule has 1 rings (SSSR count). The van der Waals surface area contributed by atoms with E-state index in [-0.39, 0.29) is 0 Å². The Kier molecular flexibility index (Phi) is 4.18. The molecule has 1 aliphatic rings. The first-order chi connectivity index (χ1) is 6.27. The molecule has 0 spiro atoms. The van der Waals surface area contributed by atoms with E-state index in [9.17, 15) is 4.79 Å². The zero-order valence-corrected chi connectivity index (χ0v) is 8.38. The molecule has 0 aromatic heterocycles. The van der Waals surface area contributed by atoms with Crippen LogP contribution in [0.25, 0.3) is 0 Å². The van der Waals surface area contributed by atoms with E-state index in [1.165, 1.54) is 19.6 Å². The summed E-state index contributed by atoms with van der Waals surface area (Å²) in [6.07, 6.45) is 1.85. The van der Waals surface area contributed by atoms with Gasteiger partial charge in [-0.25, -0.2) is 0 Å². The second-order valence-corrected chi connectivity index (χ2v) is 3.97. The van der Waals surface area contributed by atoms with Crippen molar-refractivity contribution in [3.63, 3.8) is 0 Å². The average Bonchev–Trinajstić information content (AvgIpc) is 2.14. The number of carbonyl (C=O) groups is 1. The number of nitrogens with zero attached hydrogens (tertiary/aromatic N) is 1. The van der Waals surface area contributed by atoms with Crippen LogP contribution in [-0.2, 0) is 4.79 Å². The maximum absolute atomic E-state index is 10.0. The fourth-order valence-electron chi connectivity index (χ4n) is 1.78. The predicted octanol–water partition coefficient (Wildman–Crippen LogP) is -0.828. The molecule has 0 aromatic carbocycles. The third-order valence-electron chi connectivity index (χ3n) is 2.76. The smallest absolute Gasteiger partial charge is 0.207 e. The summed E-state index contributed by atoms with van der Waals surface area (Å²) in [6.45, 7) is 6.64. The van der Waals surface area contributed by atoms with Crippen molar-refractivity contribution in [1.82, 2.24) is 10.6 Å². The van der Waals surface area contributed by atoms with Crippen molar-refractivity contribution >= 4 is 6.41 Å². The van der Waals surface area contributed by atoms with Crippen molar-refractivity contribution in [1.29, 1.82) is 0 Å². The minimum atomic E-state index is 0.776. The van der Waals surface area contributed by atoms with Gasteiger partial charge < -0.3 is 15.1 Å². The third kappa shape index (κ3) is 3.74. The molecule has 0 saturated carbocycles. The number of likely N-dealkylation sites (N-methyl/N-ethyl adjacent to an activating group) is 1. The van der Waals surface area contributed by atoms with Crippen LogP contribution in [0.2, 0.25) is 0 Å². The largest absolute Gasteiger partial charge is 0.358 e. The summed E-state index contributed by atoms with van der Waals surface area (Å²) in [5.41, 5.74) is 0. The second-order valence-electron chi connectivity index (χ2n) is 3.97. The molecule has 0 bridgehead atoms. The molecule has 0 unspecified atom stereocenters. The van der Waals surface area contributed by atoms with E-state index in [1.807, 2.05) is 0 Å². The number of amides is 1.